The van der Waals surface area contributed by atoms with Crippen molar-refractivity contribution in [1.29, 1.82) is 0 Å². The van der Waals surface area contributed by atoms with Gasteiger partial charge in [-0.3, -0.25) is 19.8 Å². The van der Waals surface area contributed by atoms with Gasteiger partial charge in [0.25, 0.3) is 5.91 Å². The highest BCUT2D eigenvalue weighted by Crippen LogP contribution is 2.26. The van der Waals surface area contributed by atoms with E-state index in [4.69, 9.17) is 23.2 Å². The smallest absolute Gasteiger partial charge is 0.321 e. The third-order valence-electron chi connectivity index (χ3n) is 4.64. The molecular formula is C23H14Br2Cl2N4O3. The molecule has 0 spiro atoms. The zero-order valence-electron chi connectivity index (χ0n) is 17.0. The molecule has 34 heavy (non-hydrogen) atoms. The Morgan fingerprint density at radius 3 is 2.03 bits per heavy atom. The summed E-state index contributed by atoms with van der Waals surface area (Å²) >= 11 is 18.7. The lowest BCUT2D eigenvalue weighted by atomic mass is 10.2. The fraction of sp³-hybridized carbons (Fsp3) is 0. The minimum absolute atomic E-state index is 0.0917. The first-order valence-electron chi connectivity index (χ1n) is 9.66. The van der Waals surface area contributed by atoms with Crippen LogP contribution in [0.15, 0.2) is 75.7 Å². The summed E-state index contributed by atoms with van der Waals surface area (Å²) in [5.41, 5.74) is 3.93. The van der Waals surface area contributed by atoms with E-state index >= 15 is 0 Å². The van der Waals surface area contributed by atoms with E-state index in [1.165, 1.54) is 10.7 Å². The molecule has 0 atom stereocenters. The Morgan fingerprint density at radius 2 is 1.35 bits per heavy atom. The van der Waals surface area contributed by atoms with Crippen molar-refractivity contribution >= 4 is 95.1 Å². The fourth-order valence-corrected chi connectivity index (χ4v) is 4.34. The van der Waals surface area contributed by atoms with Crippen LogP contribution in [0.25, 0.3) is 10.9 Å². The van der Waals surface area contributed by atoms with Gasteiger partial charge in [0.05, 0.1) is 5.52 Å². The Morgan fingerprint density at radius 1 is 0.706 bits per heavy atom. The van der Waals surface area contributed by atoms with E-state index in [1.807, 2.05) is 0 Å². The van der Waals surface area contributed by atoms with Crippen LogP contribution in [0.2, 0.25) is 10.0 Å². The molecule has 0 aliphatic rings. The van der Waals surface area contributed by atoms with Crippen molar-refractivity contribution in [3.63, 3.8) is 0 Å². The van der Waals surface area contributed by atoms with Crippen LogP contribution in [-0.2, 0) is 9.59 Å². The van der Waals surface area contributed by atoms with Gasteiger partial charge in [-0.25, -0.2) is 4.68 Å². The summed E-state index contributed by atoms with van der Waals surface area (Å²) in [6.07, 6.45) is 0. The van der Waals surface area contributed by atoms with E-state index in [0.29, 0.717) is 32.3 Å². The summed E-state index contributed by atoms with van der Waals surface area (Å²) < 4.78 is 2.87. The van der Waals surface area contributed by atoms with Crippen LogP contribution in [0.4, 0.5) is 11.4 Å². The van der Waals surface area contributed by atoms with E-state index in [1.54, 1.807) is 60.7 Å². The Kier molecular flexibility index (Phi) is 7.27. The second-order valence-electron chi connectivity index (χ2n) is 7.08. The molecule has 0 aliphatic heterocycles. The van der Waals surface area contributed by atoms with Crippen LogP contribution in [0.1, 0.15) is 10.5 Å². The van der Waals surface area contributed by atoms with Crippen molar-refractivity contribution in [2.75, 3.05) is 16.1 Å². The van der Waals surface area contributed by atoms with Gasteiger partial charge in [-0.15, -0.1) is 0 Å². The lowest BCUT2D eigenvalue weighted by Crippen LogP contribution is -2.36. The van der Waals surface area contributed by atoms with Crippen molar-refractivity contribution in [2.24, 2.45) is 0 Å². The molecule has 4 rings (SSSR count). The molecule has 0 fully saturated rings. The van der Waals surface area contributed by atoms with Gasteiger partial charge in [0.2, 0.25) is 0 Å². The summed E-state index contributed by atoms with van der Waals surface area (Å²) in [7, 11) is 0. The molecule has 1 heterocycles. The molecule has 3 N–H and O–H groups in total. The number of hydrogen-bond donors (Lipinski definition) is 3. The standard InChI is InChI=1S/C23H14Br2Cl2N4O3/c24-13-1-4-17(5-2-13)28-22(33)23(34)30-31-19-6-3-14(25)7-12(19)8-20(31)21(32)29-18-10-15(26)9-16(27)11-18/h1-11H,(H,28,33)(H,29,32)(H,30,34). The number of aromatic nitrogens is 1. The first kappa shape index (κ1) is 24.3. The first-order valence-corrected chi connectivity index (χ1v) is 12.0. The lowest BCUT2D eigenvalue weighted by Gasteiger charge is -2.13. The van der Waals surface area contributed by atoms with Crippen LogP contribution in [0, 0.1) is 0 Å². The van der Waals surface area contributed by atoms with E-state index < -0.39 is 17.7 Å². The molecular weight excluding hydrogens is 611 g/mol. The number of nitrogens with one attached hydrogen (secondary N) is 3. The van der Waals surface area contributed by atoms with Gasteiger partial charge >= 0.3 is 11.8 Å². The number of benzene rings is 3. The number of anilines is 2. The number of rotatable bonds is 4. The van der Waals surface area contributed by atoms with Crippen LogP contribution in [0.5, 0.6) is 0 Å². The third-order valence-corrected chi connectivity index (χ3v) is 6.10. The molecule has 0 aliphatic carbocycles. The maximum Gasteiger partial charge on any atom is 0.328 e. The van der Waals surface area contributed by atoms with Crippen LogP contribution >= 0.6 is 55.1 Å². The zero-order valence-corrected chi connectivity index (χ0v) is 21.7. The lowest BCUT2D eigenvalue weighted by molar-refractivity contribution is -0.133. The van der Waals surface area contributed by atoms with Gasteiger partial charge in [-0.05, 0) is 66.7 Å². The summed E-state index contributed by atoms with van der Waals surface area (Å²) in [4.78, 5) is 38.3. The molecule has 11 heteroatoms. The zero-order chi connectivity index (χ0) is 24.4. The maximum absolute atomic E-state index is 13.1. The Balaban J connectivity index is 1.63. The summed E-state index contributed by atoms with van der Waals surface area (Å²) in [5.74, 6) is -2.39. The molecule has 172 valence electrons. The van der Waals surface area contributed by atoms with E-state index in [2.05, 4.69) is 47.9 Å². The Bertz CT molecular complexity index is 1420. The number of carbonyl (C=O) groups excluding carboxylic acids is 3. The molecule has 1 aromatic heterocycles. The molecule has 0 radical (unpaired) electrons. The number of halogens is 4. The molecule has 3 aromatic carbocycles. The van der Waals surface area contributed by atoms with Gasteiger partial charge in [0.1, 0.15) is 5.69 Å². The first-order chi connectivity index (χ1) is 16.2. The highest BCUT2D eigenvalue weighted by Gasteiger charge is 2.21. The predicted molar refractivity (Wildman–Crippen MR) is 141 cm³/mol. The van der Waals surface area contributed by atoms with Gasteiger partial charge in [0, 0.05) is 35.8 Å². The Hall–Kier alpha value is -2.85. The summed E-state index contributed by atoms with van der Waals surface area (Å²) in [6, 6.07) is 18.2. The topological polar surface area (TPSA) is 92.2 Å². The number of hydrogen-bond acceptors (Lipinski definition) is 3. The van der Waals surface area contributed by atoms with Gasteiger partial charge < -0.3 is 10.6 Å². The second-order valence-corrected chi connectivity index (χ2v) is 9.79. The highest BCUT2D eigenvalue weighted by atomic mass is 79.9. The van der Waals surface area contributed by atoms with E-state index in [9.17, 15) is 14.4 Å². The highest BCUT2D eigenvalue weighted by molar-refractivity contribution is 9.10. The van der Waals surface area contributed by atoms with E-state index in [0.717, 1.165) is 8.95 Å². The fourth-order valence-electron chi connectivity index (χ4n) is 3.17. The third kappa shape index (κ3) is 5.61. The van der Waals surface area contributed by atoms with Crippen molar-refractivity contribution in [1.82, 2.24) is 4.68 Å². The largest absolute Gasteiger partial charge is 0.328 e. The maximum atomic E-state index is 13.1. The van der Waals surface area contributed by atoms with Gasteiger partial charge in [-0.2, -0.15) is 0 Å². The SMILES string of the molecule is O=C(Nc1ccc(Br)cc1)C(=O)Nn1c(C(=O)Nc2cc(Cl)cc(Cl)c2)cc2cc(Br)ccc21. The van der Waals surface area contributed by atoms with Crippen molar-refractivity contribution in [3.05, 3.63) is 91.4 Å². The molecule has 0 unspecified atom stereocenters. The monoisotopic (exact) mass is 622 g/mol. The molecule has 0 saturated carbocycles. The molecule has 0 bridgehead atoms. The van der Waals surface area contributed by atoms with Crippen molar-refractivity contribution < 1.29 is 14.4 Å². The molecule has 3 amide bonds. The van der Waals surface area contributed by atoms with Crippen molar-refractivity contribution in [3.8, 4) is 0 Å². The average molecular weight is 625 g/mol. The van der Waals surface area contributed by atoms with Crippen LogP contribution in [-0.4, -0.2) is 22.4 Å². The number of amides is 3. The predicted octanol–water partition coefficient (Wildman–Crippen LogP) is 6.43. The summed E-state index contributed by atoms with van der Waals surface area (Å²) in [6.45, 7) is 0. The van der Waals surface area contributed by atoms with Crippen molar-refractivity contribution in [2.45, 2.75) is 0 Å². The average Bonchev–Trinajstić information content (AvgIpc) is 3.12. The number of fused-ring (bicyclic) bond motifs is 1. The van der Waals surface area contributed by atoms with E-state index in [-0.39, 0.29) is 5.69 Å². The molecule has 7 nitrogen and oxygen atoms in total. The van der Waals surface area contributed by atoms with Crippen LogP contribution in [0.3, 0.4) is 0 Å². The summed E-state index contributed by atoms with van der Waals surface area (Å²) in [5, 5.41) is 6.59. The Labute approximate surface area is 220 Å². The van der Waals surface area contributed by atoms with Gasteiger partial charge in [-0.1, -0.05) is 55.1 Å². The normalized spacial score (nSPS) is 10.7. The van der Waals surface area contributed by atoms with Crippen LogP contribution < -0.4 is 16.1 Å². The molecule has 0 saturated heterocycles. The minimum atomic E-state index is -0.955. The minimum Gasteiger partial charge on any atom is -0.321 e. The number of nitrogens with zero attached hydrogens (tertiary/aromatic N) is 1. The second kappa shape index (κ2) is 10.2. The quantitative estimate of drug-likeness (QED) is 0.228. The van der Waals surface area contributed by atoms with Gasteiger partial charge in [0.15, 0.2) is 0 Å². The number of carbonyl (C=O) groups is 3. The molecule has 4 aromatic rings.